The molecule has 3 heterocycles. The van der Waals surface area contributed by atoms with Gasteiger partial charge in [-0.2, -0.15) is 0 Å². The van der Waals surface area contributed by atoms with Crippen LogP contribution in [0.4, 0.5) is 11.4 Å². The number of anilines is 2. The second kappa shape index (κ2) is 9.01. The molecule has 1 unspecified atom stereocenters. The first-order chi connectivity index (χ1) is 16.2. The van der Waals surface area contributed by atoms with E-state index in [1.807, 2.05) is 18.2 Å². The van der Waals surface area contributed by atoms with E-state index in [-0.39, 0.29) is 11.3 Å². The number of pyridine rings is 1. The number of hydrogen-bond donors (Lipinski definition) is 3. The number of ether oxygens (including phenoxy) is 2. The number of hydrogen-bond acceptors (Lipinski definition) is 6. The Morgan fingerprint density at radius 2 is 1.85 bits per heavy atom. The highest BCUT2D eigenvalue weighted by Crippen LogP contribution is 2.28. The number of fused-ring (bicyclic) bond motifs is 1. The number of aromatic nitrogens is 2. The normalized spacial score (nSPS) is 15.0. The van der Waals surface area contributed by atoms with E-state index in [0.29, 0.717) is 22.2 Å². The number of phenolic OH excluding ortho intramolecular Hbond substituents is 1. The number of phenols is 1. The number of benzene rings is 2. The second-order valence-corrected chi connectivity index (χ2v) is 7.92. The highest BCUT2D eigenvalue weighted by molar-refractivity contribution is 5.83. The van der Waals surface area contributed by atoms with E-state index in [4.69, 9.17) is 9.47 Å². The predicted molar refractivity (Wildman–Crippen MR) is 128 cm³/mol. The fourth-order valence-corrected chi connectivity index (χ4v) is 4.23. The van der Waals surface area contributed by atoms with Crippen LogP contribution in [0, 0.1) is 0 Å². The Morgan fingerprint density at radius 1 is 1.09 bits per heavy atom. The molecule has 1 saturated heterocycles. The van der Waals surface area contributed by atoms with Crippen molar-refractivity contribution in [3.05, 3.63) is 82.9 Å². The predicted octanol–water partition coefficient (Wildman–Crippen LogP) is 3.62. The molecule has 4 aromatic rings. The topological polar surface area (TPSA) is 91.8 Å². The third kappa shape index (κ3) is 4.06. The smallest absolute Gasteiger partial charge is 0.265 e. The molecule has 0 saturated carbocycles. The lowest BCUT2D eigenvalue weighted by Gasteiger charge is -2.29. The molecule has 8 heteroatoms. The zero-order chi connectivity index (χ0) is 22.8. The molecule has 0 aliphatic carbocycles. The van der Waals surface area contributed by atoms with Gasteiger partial charge in [0.1, 0.15) is 5.75 Å². The molecule has 8 nitrogen and oxygen atoms in total. The van der Waals surface area contributed by atoms with E-state index in [0.717, 1.165) is 37.7 Å². The monoisotopic (exact) mass is 446 g/mol. The lowest BCUT2D eigenvalue weighted by Crippen LogP contribution is -2.36. The summed E-state index contributed by atoms with van der Waals surface area (Å²) >= 11 is 0. The van der Waals surface area contributed by atoms with Gasteiger partial charge in [-0.1, -0.05) is 12.1 Å². The van der Waals surface area contributed by atoms with Crippen molar-refractivity contribution in [1.82, 2.24) is 9.55 Å². The van der Waals surface area contributed by atoms with Crippen molar-refractivity contribution >= 4 is 22.3 Å². The van der Waals surface area contributed by atoms with Gasteiger partial charge < -0.3 is 29.8 Å². The van der Waals surface area contributed by atoms with Gasteiger partial charge in [0.25, 0.3) is 5.56 Å². The molecule has 1 aliphatic rings. The molecular formula is C25H26N4O4. The lowest BCUT2D eigenvalue weighted by atomic mass is 10.1. The Morgan fingerprint density at radius 3 is 2.58 bits per heavy atom. The van der Waals surface area contributed by atoms with Crippen molar-refractivity contribution in [2.75, 3.05) is 43.6 Å². The summed E-state index contributed by atoms with van der Waals surface area (Å²) in [5, 5.41) is 14.1. The minimum Gasteiger partial charge on any atom is -0.506 e. The summed E-state index contributed by atoms with van der Waals surface area (Å²) in [6.45, 7) is 3.24. The van der Waals surface area contributed by atoms with Crippen LogP contribution < -0.4 is 15.8 Å². The maximum Gasteiger partial charge on any atom is 0.265 e. The Bertz CT molecular complexity index is 1310. The van der Waals surface area contributed by atoms with Crippen molar-refractivity contribution < 1.29 is 14.6 Å². The van der Waals surface area contributed by atoms with Crippen LogP contribution in [0.25, 0.3) is 16.6 Å². The number of nitrogens with zero attached hydrogens (tertiary/aromatic N) is 2. The molecule has 1 atom stereocenters. The number of nitrogens with one attached hydrogen (secondary N) is 2. The van der Waals surface area contributed by atoms with Crippen LogP contribution in [-0.2, 0) is 9.47 Å². The quantitative estimate of drug-likeness (QED) is 0.392. The largest absolute Gasteiger partial charge is 0.506 e. The molecule has 0 spiro atoms. The summed E-state index contributed by atoms with van der Waals surface area (Å²) in [6, 6.07) is 16.7. The summed E-state index contributed by atoms with van der Waals surface area (Å²) in [7, 11) is 1.60. The highest BCUT2D eigenvalue weighted by atomic mass is 16.5. The first kappa shape index (κ1) is 21.1. The van der Waals surface area contributed by atoms with Gasteiger partial charge in [0.15, 0.2) is 6.23 Å². The molecule has 170 valence electrons. The van der Waals surface area contributed by atoms with Crippen LogP contribution in [0.2, 0.25) is 0 Å². The minimum atomic E-state index is -0.541. The highest BCUT2D eigenvalue weighted by Gasteiger charge is 2.20. The summed E-state index contributed by atoms with van der Waals surface area (Å²) in [5.41, 5.74) is 3.61. The number of morpholine rings is 1. The summed E-state index contributed by atoms with van der Waals surface area (Å²) in [6.07, 6.45) is 2.89. The molecule has 33 heavy (non-hydrogen) atoms. The average molecular weight is 447 g/mol. The Kier molecular flexibility index (Phi) is 5.77. The first-order valence-corrected chi connectivity index (χ1v) is 10.9. The van der Waals surface area contributed by atoms with Gasteiger partial charge in [-0.15, -0.1) is 0 Å². The number of methoxy groups -OCH3 is 1. The van der Waals surface area contributed by atoms with Gasteiger partial charge in [0, 0.05) is 49.5 Å². The lowest BCUT2D eigenvalue weighted by molar-refractivity contribution is 0.122. The number of H-pyrrole nitrogens is 1. The zero-order valence-corrected chi connectivity index (χ0v) is 18.3. The van der Waals surface area contributed by atoms with Crippen molar-refractivity contribution in [2.45, 2.75) is 6.23 Å². The number of para-hydroxylation sites is 2. The molecular weight excluding hydrogens is 420 g/mol. The van der Waals surface area contributed by atoms with Gasteiger partial charge in [-0.3, -0.25) is 9.36 Å². The Labute approximate surface area is 191 Å². The van der Waals surface area contributed by atoms with E-state index >= 15 is 0 Å². The molecule has 0 amide bonds. The maximum absolute atomic E-state index is 13.4. The molecule has 2 aromatic carbocycles. The van der Waals surface area contributed by atoms with Crippen LogP contribution >= 0.6 is 0 Å². The standard InChI is InChI=1S/C25H26N4O4/c1-32-24(27-17-6-8-18(9-7-17)28-12-14-33-15-13-28)19-16-26-20-10-11-29(25(31)23(19)20)21-4-2-3-5-22(21)30/h2-11,16,24,26-27,30H,12-15H2,1H3. The van der Waals surface area contributed by atoms with Crippen LogP contribution in [-0.4, -0.2) is 48.1 Å². The van der Waals surface area contributed by atoms with Crippen molar-refractivity contribution in [1.29, 1.82) is 0 Å². The Balaban J connectivity index is 1.45. The van der Waals surface area contributed by atoms with Crippen LogP contribution in [0.3, 0.4) is 0 Å². The van der Waals surface area contributed by atoms with Crippen molar-refractivity contribution in [2.24, 2.45) is 0 Å². The summed E-state index contributed by atoms with van der Waals surface area (Å²) in [5.74, 6) is 0.0396. The van der Waals surface area contributed by atoms with Crippen molar-refractivity contribution in [3.8, 4) is 11.4 Å². The van der Waals surface area contributed by atoms with Crippen molar-refractivity contribution in [3.63, 3.8) is 0 Å². The molecule has 3 N–H and O–H groups in total. The van der Waals surface area contributed by atoms with Gasteiger partial charge in [0.05, 0.1) is 29.8 Å². The van der Waals surface area contributed by atoms with Gasteiger partial charge in [-0.25, -0.2) is 0 Å². The van der Waals surface area contributed by atoms with E-state index in [2.05, 4.69) is 27.3 Å². The molecule has 0 bridgehead atoms. The van der Waals surface area contributed by atoms with Gasteiger partial charge in [-0.05, 0) is 42.5 Å². The van der Waals surface area contributed by atoms with E-state index in [9.17, 15) is 9.90 Å². The number of aromatic amines is 1. The fourth-order valence-electron chi connectivity index (χ4n) is 4.23. The van der Waals surface area contributed by atoms with E-state index in [1.165, 1.54) is 4.57 Å². The van der Waals surface area contributed by atoms with Crippen LogP contribution in [0.1, 0.15) is 11.8 Å². The second-order valence-electron chi connectivity index (χ2n) is 7.92. The molecule has 5 rings (SSSR count). The fraction of sp³-hybridized carbons (Fsp3) is 0.240. The third-order valence-corrected chi connectivity index (χ3v) is 5.96. The number of aromatic hydroxyl groups is 1. The number of rotatable bonds is 6. The minimum absolute atomic E-state index is 0.0396. The average Bonchev–Trinajstić information content (AvgIpc) is 3.29. The van der Waals surface area contributed by atoms with E-state index < -0.39 is 6.23 Å². The molecule has 1 fully saturated rings. The van der Waals surface area contributed by atoms with Gasteiger partial charge in [0.2, 0.25) is 0 Å². The SMILES string of the molecule is COC(Nc1ccc(N2CCOCC2)cc1)c1c[nH]c2ccn(-c3ccccc3O)c(=O)c12. The molecule has 0 radical (unpaired) electrons. The van der Waals surface area contributed by atoms with Crippen LogP contribution in [0.15, 0.2) is 71.8 Å². The van der Waals surface area contributed by atoms with Gasteiger partial charge >= 0.3 is 0 Å². The van der Waals surface area contributed by atoms with E-state index in [1.54, 1.807) is 43.8 Å². The summed E-state index contributed by atoms with van der Waals surface area (Å²) < 4.78 is 12.6. The molecule has 2 aromatic heterocycles. The Hall–Kier alpha value is -3.75. The summed E-state index contributed by atoms with van der Waals surface area (Å²) in [4.78, 5) is 18.8. The first-order valence-electron chi connectivity index (χ1n) is 10.9. The maximum atomic E-state index is 13.4. The third-order valence-electron chi connectivity index (χ3n) is 5.96. The molecule has 1 aliphatic heterocycles. The van der Waals surface area contributed by atoms with Crippen LogP contribution in [0.5, 0.6) is 5.75 Å². The zero-order valence-electron chi connectivity index (χ0n) is 18.3.